The molecule has 0 aliphatic carbocycles. The van der Waals surface area contributed by atoms with Gasteiger partial charge in [0.25, 0.3) is 0 Å². The molecule has 0 fully saturated rings. The molecule has 0 bridgehead atoms. The van der Waals surface area contributed by atoms with E-state index in [0.717, 1.165) is 70.6 Å². The minimum absolute atomic E-state index is 0.0421. The first-order chi connectivity index (χ1) is 32.0. The average molecular weight is 917 g/mol. The van der Waals surface area contributed by atoms with Crippen molar-refractivity contribution >= 4 is 11.9 Å². The van der Waals surface area contributed by atoms with Crippen LogP contribution in [-0.2, 0) is 14.3 Å². The predicted octanol–water partition coefficient (Wildman–Crippen LogP) is 17.9. The molecule has 0 saturated carbocycles. The fraction of sp³-hybridized carbons (Fsp3) is 0.898. The zero-order chi connectivity index (χ0) is 47.2. The van der Waals surface area contributed by atoms with E-state index in [1.165, 1.54) is 212 Å². The number of unbranched alkanes of at least 4 members (excludes halogenated alkanes) is 39. The van der Waals surface area contributed by atoms with Crippen molar-refractivity contribution in [3.63, 3.8) is 0 Å². The van der Waals surface area contributed by atoms with Gasteiger partial charge in [-0.2, -0.15) is 0 Å². The van der Waals surface area contributed by atoms with Gasteiger partial charge in [0, 0.05) is 12.8 Å². The van der Waals surface area contributed by atoms with Gasteiger partial charge in [-0.05, 0) is 70.6 Å². The number of hydrogen-bond acceptors (Lipinski definition) is 5. The standard InChI is InChI=1S/C59H113NO5/c1-3-5-7-9-11-13-15-17-19-21-22-23-24-25-26-27-28-30-32-35-39-43-47-51-57(62)56(55-61)60-58(63)52-48-44-40-36-34-38-42-46-50-54-65-59(64)53-49-45-41-37-33-31-29-20-18-16-14-12-10-8-6-4-2/h20,29,36,40,56-57,61-62H,3-19,21-28,30-35,37-39,41-55H2,1-2H3,(H,60,63)/b29-20-,40-36-. The van der Waals surface area contributed by atoms with E-state index in [4.69, 9.17) is 4.74 Å². The Morgan fingerprint density at radius 3 is 1.12 bits per heavy atom. The molecule has 0 aromatic heterocycles. The lowest BCUT2D eigenvalue weighted by Crippen LogP contribution is -2.45. The summed E-state index contributed by atoms with van der Waals surface area (Å²) in [6, 6.07) is -0.580. The molecular formula is C59H113NO5. The average Bonchev–Trinajstić information content (AvgIpc) is 3.31. The van der Waals surface area contributed by atoms with Crippen molar-refractivity contribution in [1.82, 2.24) is 5.32 Å². The predicted molar refractivity (Wildman–Crippen MR) is 283 cm³/mol. The second kappa shape index (κ2) is 54.9. The van der Waals surface area contributed by atoms with Crippen molar-refractivity contribution in [2.45, 2.75) is 328 Å². The summed E-state index contributed by atoms with van der Waals surface area (Å²) >= 11 is 0. The van der Waals surface area contributed by atoms with Crippen LogP contribution in [0, 0.1) is 0 Å². The van der Waals surface area contributed by atoms with Crippen LogP contribution in [0.5, 0.6) is 0 Å². The fourth-order valence-electron chi connectivity index (χ4n) is 8.99. The lowest BCUT2D eigenvalue weighted by atomic mass is 10.0. The SMILES string of the molecule is CCCCCCCCC/C=C\CCCCCCCC(=O)OCCCCCC/C=C\CCCC(=O)NC(CO)C(O)CCCCCCCCCCCCCCCCCCCCCCCCC. The molecule has 2 unspecified atom stereocenters. The van der Waals surface area contributed by atoms with E-state index < -0.39 is 12.1 Å². The number of nitrogens with one attached hydrogen (secondary N) is 1. The summed E-state index contributed by atoms with van der Waals surface area (Å²) < 4.78 is 5.45. The number of esters is 1. The Morgan fingerprint density at radius 1 is 0.415 bits per heavy atom. The lowest BCUT2D eigenvalue weighted by Gasteiger charge is -2.22. The summed E-state index contributed by atoms with van der Waals surface area (Å²) in [6.45, 7) is 4.88. The third-order valence-corrected chi connectivity index (χ3v) is 13.5. The number of carbonyl (C=O) groups is 2. The van der Waals surface area contributed by atoms with Gasteiger partial charge in [0.15, 0.2) is 0 Å². The quantitative estimate of drug-likeness (QED) is 0.0321. The van der Waals surface area contributed by atoms with E-state index in [2.05, 4.69) is 43.5 Å². The minimum Gasteiger partial charge on any atom is -0.466 e. The summed E-state index contributed by atoms with van der Waals surface area (Å²) in [5, 5.41) is 23.3. The molecule has 0 radical (unpaired) electrons. The topological polar surface area (TPSA) is 95.9 Å². The van der Waals surface area contributed by atoms with Crippen LogP contribution < -0.4 is 5.32 Å². The number of hydrogen-bond donors (Lipinski definition) is 3. The fourth-order valence-corrected chi connectivity index (χ4v) is 8.99. The van der Waals surface area contributed by atoms with Gasteiger partial charge < -0.3 is 20.3 Å². The molecule has 1 amide bonds. The van der Waals surface area contributed by atoms with Crippen LogP contribution in [-0.4, -0.2) is 47.4 Å². The van der Waals surface area contributed by atoms with Gasteiger partial charge in [0.1, 0.15) is 0 Å². The monoisotopic (exact) mass is 916 g/mol. The molecule has 0 aliphatic rings. The lowest BCUT2D eigenvalue weighted by molar-refractivity contribution is -0.143. The van der Waals surface area contributed by atoms with Crippen LogP contribution in [0.4, 0.5) is 0 Å². The van der Waals surface area contributed by atoms with E-state index in [9.17, 15) is 19.8 Å². The normalized spacial score (nSPS) is 12.7. The number of allylic oxidation sites excluding steroid dienone is 4. The van der Waals surface area contributed by atoms with Gasteiger partial charge in [-0.15, -0.1) is 0 Å². The second-order valence-electron chi connectivity index (χ2n) is 20.0. The van der Waals surface area contributed by atoms with Gasteiger partial charge in [0.2, 0.25) is 5.91 Å². The van der Waals surface area contributed by atoms with Crippen molar-refractivity contribution in [1.29, 1.82) is 0 Å². The number of carbonyl (C=O) groups excluding carboxylic acids is 2. The van der Waals surface area contributed by atoms with Crippen LogP contribution in [0.3, 0.4) is 0 Å². The van der Waals surface area contributed by atoms with E-state index >= 15 is 0 Å². The Morgan fingerprint density at radius 2 is 0.738 bits per heavy atom. The maximum Gasteiger partial charge on any atom is 0.305 e. The van der Waals surface area contributed by atoms with Gasteiger partial charge >= 0.3 is 5.97 Å². The van der Waals surface area contributed by atoms with E-state index in [1.807, 2.05) is 0 Å². The maximum absolute atomic E-state index is 12.5. The molecule has 0 spiro atoms. The molecule has 0 heterocycles. The third kappa shape index (κ3) is 51.6. The first kappa shape index (κ1) is 63.3. The molecule has 6 heteroatoms. The molecule has 2 atom stereocenters. The molecule has 0 rings (SSSR count). The van der Waals surface area contributed by atoms with Gasteiger partial charge in [-0.1, -0.05) is 256 Å². The smallest absolute Gasteiger partial charge is 0.305 e. The van der Waals surface area contributed by atoms with E-state index in [-0.39, 0.29) is 18.5 Å². The summed E-state index contributed by atoms with van der Waals surface area (Å²) in [5.74, 6) is -0.135. The number of aliphatic hydroxyl groups excluding tert-OH is 2. The van der Waals surface area contributed by atoms with Crippen LogP contribution in [0.25, 0.3) is 0 Å². The second-order valence-corrected chi connectivity index (χ2v) is 20.0. The van der Waals surface area contributed by atoms with Crippen molar-refractivity contribution in [3.05, 3.63) is 24.3 Å². The highest BCUT2D eigenvalue weighted by molar-refractivity contribution is 5.76. The number of amides is 1. The highest BCUT2D eigenvalue weighted by atomic mass is 16.5. The molecule has 0 aromatic rings. The Bertz CT molecular complexity index is 1010. The zero-order valence-electron chi connectivity index (χ0n) is 43.7. The maximum atomic E-state index is 12.5. The van der Waals surface area contributed by atoms with Crippen LogP contribution in [0.15, 0.2) is 24.3 Å². The summed E-state index contributed by atoms with van der Waals surface area (Å²) in [4.78, 5) is 24.5. The molecule has 0 saturated heterocycles. The number of aliphatic hydroxyl groups is 2. The summed E-state index contributed by atoms with van der Waals surface area (Å²) in [7, 11) is 0. The molecule has 3 N–H and O–H groups in total. The zero-order valence-corrected chi connectivity index (χ0v) is 43.7. The molecule has 0 aromatic carbocycles. The number of rotatable bonds is 54. The first-order valence-electron chi connectivity index (χ1n) is 29.1. The summed E-state index contributed by atoms with van der Waals surface area (Å²) in [5.41, 5.74) is 0. The third-order valence-electron chi connectivity index (χ3n) is 13.5. The highest BCUT2D eigenvalue weighted by Gasteiger charge is 2.20. The minimum atomic E-state index is -0.697. The van der Waals surface area contributed by atoms with E-state index in [0.29, 0.717) is 25.9 Å². The van der Waals surface area contributed by atoms with Gasteiger partial charge in [0.05, 0.1) is 25.4 Å². The molecular weight excluding hydrogens is 803 g/mol. The van der Waals surface area contributed by atoms with Crippen molar-refractivity contribution in [2.75, 3.05) is 13.2 Å². The Kier molecular flexibility index (Phi) is 53.5. The summed E-state index contributed by atoms with van der Waals surface area (Å²) in [6.07, 6.45) is 66.1. The Labute approximate surface area is 405 Å². The molecule has 384 valence electrons. The molecule has 0 aliphatic heterocycles. The van der Waals surface area contributed by atoms with Crippen molar-refractivity contribution in [2.24, 2.45) is 0 Å². The molecule has 65 heavy (non-hydrogen) atoms. The Balaban J connectivity index is 3.51. The van der Waals surface area contributed by atoms with E-state index in [1.54, 1.807) is 0 Å². The Hall–Kier alpha value is -1.66. The van der Waals surface area contributed by atoms with Crippen LogP contribution in [0.2, 0.25) is 0 Å². The molecule has 6 nitrogen and oxygen atoms in total. The van der Waals surface area contributed by atoms with Crippen LogP contribution in [0.1, 0.15) is 316 Å². The highest BCUT2D eigenvalue weighted by Crippen LogP contribution is 2.17. The van der Waals surface area contributed by atoms with Gasteiger partial charge in [-0.25, -0.2) is 0 Å². The first-order valence-corrected chi connectivity index (χ1v) is 29.1. The van der Waals surface area contributed by atoms with Crippen molar-refractivity contribution < 1.29 is 24.5 Å². The van der Waals surface area contributed by atoms with Crippen LogP contribution >= 0.6 is 0 Å². The van der Waals surface area contributed by atoms with Gasteiger partial charge in [-0.3, -0.25) is 9.59 Å². The van der Waals surface area contributed by atoms with Crippen molar-refractivity contribution in [3.8, 4) is 0 Å². The number of ether oxygens (including phenoxy) is 1. The largest absolute Gasteiger partial charge is 0.466 e.